The van der Waals surface area contributed by atoms with Crippen LogP contribution < -0.4 is 11.3 Å². The summed E-state index contributed by atoms with van der Waals surface area (Å²) in [4.78, 5) is 0. The van der Waals surface area contributed by atoms with E-state index in [0.29, 0.717) is 0 Å². The Hall–Kier alpha value is -0.920. The van der Waals surface area contributed by atoms with Crippen LogP contribution in [0.25, 0.3) is 0 Å². The van der Waals surface area contributed by atoms with Crippen LogP contribution in [-0.4, -0.2) is 30.2 Å². The van der Waals surface area contributed by atoms with Gasteiger partial charge in [0.1, 0.15) is 9.84 Å². The number of nitrogens with zero attached hydrogens (tertiary/aromatic N) is 2. The van der Waals surface area contributed by atoms with Crippen LogP contribution >= 0.6 is 0 Å². The molecular formula is C7H14N4O2S. The maximum Gasteiger partial charge on any atom is 0.149 e. The molecule has 1 aromatic rings. The summed E-state index contributed by atoms with van der Waals surface area (Å²) in [5, 5.41) is 3.94. The van der Waals surface area contributed by atoms with Gasteiger partial charge in [-0.1, -0.05) is 0 Å². The average molecular weight is 218 g/mol. The third-order valence-electron chi connectivity index (χ3n) is 1.89. The second-order valence-electron chi connectivity index (χ2n) is 3.19. The predicted molar refractivity (Wildman–Crippen MR) is 53.0 cm³/mol. The van der Waals surface area contributed by atoms with E-state index >= 15 is 0 Å². The summed E-state index contributed by atoms with van der Waals surface area (Å²) in [6.07, 6.45) is 2.77. The standard InChI is InChI=1S/C7H14N4O2S/c1-11-7(3-4-9-11)6(10-8)5-14(2,12)13/h3-4,6,10H,5,8H2,1-2H3. The van der Waals surface area contributed by atoms with Gasteiger partial charge in [-0.25, -0.2) is 8.42 Å². The number of nitrogens with two attached hydrogens (primary N) is 1. The van der Waals surface area contributed by atoms with Crippen molar-refractivity contribution in [3.05, 3.63) is 18.0 Å². The van der Waals surface area contributed by atoms with Crippen LogP contribution in [-0.2, 0) is 16.9 Å². The van der Waals surface area contributed by atoms with E-state index in [1.54, 1.807) is 24.0 Å². The van der Waals surface area contributed by atoms with Gasteiger partial charge in [0.15, 0.2) is 0 Å². The average Bonchev–Trinajstić information content (AvgIpc) is 2.45. The zero-order valence-corrected chi connectivity index (χ0v) is 8.95. The molecule has 14 heavy (non-hydrogen) atoms. The molecule has 1 rings (SSSR count). The lowest BCUT2D eigenvalue weighted by Crippen LogP contribution is -2.34. The summed E-state index contributed by atoms with van der Waals surface area (Å²) in [7, 11) is -1.32. The van der Waals surface area contributed by atoms with Crippen LogP contribution in [0.1, 0.15) is 11.7 Å². The van der Waals surface area contributed by atoms with Crippen molar-refractivity contribution >= 4 is 9.84 Å². The Morgan fingerprint density at radius 2 is 2.36 bits per heavy atom. The molecule has 0 saturated carbocycles. The molecule has 0 saturated heterocycles. The molecule has 6 nitrogen and oxygen atoms in total. The van der Waals surface area contributed by atoms with Crippen molar-refractivity contribution in [1.82, 2.24) is 15.2 Å². The monoisotopic (exact) mass is 218 g/mol. The van der Waals surface area contributed by atoms with Crippen molar-refractivity contribution in [3.8, 4) is 0 Å². The summed E-state index contributed by atoms with van der Waals surface area (Å²) >= 11 is 0. The molecule has 7 heteroatoms. The smallest absolute Gasteiger partial charge is 0.149 e. The molecule has 0 aromatic carbocycles. The lowest BCUT2D eigenvalue weighted by atomic mass is 10.2. The Bertz CT molecular complexity index is 398. The fourth-order valence-electron chi connectivity index (χ4n) is 1.25. The molecule has 0 radical (unpaired) electrons. The first-order valence-electron chi connectivity index (χ1n) is 4.06. The highest BCUT2D eigenvalue weighted by molar-refractivity contribution is 7.90. The Balaban J connectivity index is 2.89. The van der Waals surface area contributed by atoms with Crippen LogP contribution in [0.5, 0.6) is 0 Å². The Morgan fingerprint density at radius 3 is 2.71 bits per heavy atom. The van der Waals surface area contributed by atoms with Gasteiger partial charge in [0, 0.05) is 19.5 Å². The zero-order chi connectivity index (χ0) is 10.8. The highest BCUT2D eigenvalue weighted by atomic mass is 32.2. The van der Waals surface area contributed by atoms with Gasteiger partial charge >= 0.3 is 0 Å². The minimum Gasteiger partial charge on any atom is -0.271 e. The zero-order valence-electron chi connectivity index (χ0n) is 8.14. The minimum atomic E-state index is -3.06. The fourth-order valence-corrected chi connectivity index (χ4v) is 2.12. The predicted octanol–water partition coefficient (Wildman–Crippen LogP) is -1.03. The van der Waals surface area contributed by atoms with Crippen LogP contribution in [0, 0.1) is 0 Å². The molecule has 1 atom stereocenters. The molecule has 0 fully saturated rings. The quantitative estimate of drug-likeness (QED) is 0.498. The summed E-state index contributed by atoms with van der Waals surface area (Å²) in [6, 6.07) is 1.31. The number of nitrogens with one attached hydrogen (secondary N) is 1. The molecule has 0 aliphatic rings. The van der Waals surface area contributed by atoms with Crippen molar-refractivity contribution in [2.24, 2.45) is 12.9 Å². The number of hydrogen-bond acceptors (Lipinski definition) is 5. The summed E-state index contributed by atoms with van der Waals surface area (Å²) < 4.78 is 23.8. The van der Waals surface area contributed by atoms with Crippen molar-refractivity contribution in [2.75, 3.05) is 12.0 Å². The largest absolute Gasteiger partial charge is 0.271 e. The molecule has 3 N–H and O–H groups in total. The second-order valence-corrected chi connectivity index (χ2v) is 5.38. The first-order chi connectivity index (χ1) is 6.44. The first-order valence-corrected chi connectivity index (χ1v) is 6.12. The lowest BCUT2D eigenvalue weighted by molar-refractivity contribution is 0.533. The maximum atomic E-state index is 11.1. The van der Waals surface area contributed by atoms with Crippen LogP contribution in [0.3, 0.4) is 0 Å². The number of sulfone groups is 1. The van der Waals surface area contributed by atoms with E-state index in [9.17, 15) is 8.42 Å². The Morgan fingerprint density at radius 1 is 1.71 bits per heavy atom. The minimum absolute atomic E-state index is 0.0387. The molecule has 80 valence electrons. The molecular weight excluding hydrogens is 204 g/mol. The molecule has 0 bridgehead atoms. The van der Waals surface area contributed by atoms with E-state index in [1.165, 1.54) is 6.26 Å². The van der Waals surface area contributed by atoms with Crippen molar-refractivity contribution in [2.45, 2.75) is 6.04 Å². The molecule has 0 aliphatic heterocycles. The van der Waals surface area contributed by atoms with Crippen molar-refractivity contribution in [3.63, 3.8) is 0 Å². The summed E-state index contributed by atoms with van der Waals surface area (Å²) in [6.45, 7) is 0. The van der Waals surface area contributed by atoms with E-state index in [-0.39, 0.29) is 5.75 Å². The van der Waals surface area contributed by atoms with Gasteiger partial charge in [0.25, 0.3) is 0 Å². The number of aromatic nitrogens is 2. The van der Waals surface area contributed by atoms with E-state index in [0.717, 1.165) is 5.69 Å². The van der Waals surface area contributed by atoms with Gasteiger partial charge in [-0.3, -0.25) is 16.0 Å². The van der Waals surface area contributed by atoms with Crippen molar-refractivity contribution < 1.29 is 8.42 Å². The summed E-state index contributed by atoms with van der Waals surface area (Å²) in [5.41, 5.74) is 3.21. The van der Waals surface area contributed by atoms with Gasteiger partial charge in [-0.05, 0) is 6.07 Å². The maximum absolute atomic E-state index is 11.1. The first kappa shape index (κ1) is 11.2. The highest BCUT2D eigenvalue weighted by Crippen LogP contribution is 2.12. The number of hydrogen-bond donors (Lipinski definition) is 2. The number of aryl methyl sites for hydroxylation is 1. The SMILES string of the molecule is Cn1nccc1C(CS(C)(=O)=O)NN. The van der Waals surface area contributed by atoms with Crippen LogP contribution in [0.4, 0.5) is 0 Å². The Kier molecular flexibility index (Phi) is 3.25. The molecule has 1 aromatic heterocycles. The van der Waals surface area contributed by atoms with Crippen LogP contribution in [0.15, 0.2) is 12.3 Å². The summed E-state index contributed by atoms with van der Waals surface area (Å²) in [5.74, 6) is 5.25. The van der Waals surface area contributed by atoms with Gasteiger partial charge in [-0.15, -0.1) is 0 Å². The van der Waals surface area contributed by atoms with Crippen LogP contribution in [0.2, 0.25) is 0 Å². The third kappa shape index (κ3) is 2.79. The fraction of sp³-hybridized carbons (Fsp3) is 0.571. The molecule has 0 amide bonds. The number of rotatable bonds is 4. The van der Waals surface area contributed by atoms with E-state index in [4.69, 9.17) is 5.84 Å². The third-order valence-corrected chi connectivity index (χ3v) is 2.83. The molecule has 1 heterocycles. The van der Waals surface area contributed by atoms with Gasteiger partial charge < -0.3 is 0 Å². The van der Waals surface area contributed by atoms with E-state index in [1.807, 2.05) is 0 Å². The van der Waals surface area contributed by atoms with Gasteiger partial charge in [0.05, 0.1) is 17.5 Å². The number of hydrazine groups is 1. The normalized spacial score (nSPS) is 14.2. The topological polar surface area (TPSA) is 90.0 Å². The van der Waals surface area contributed by atoms with Crippen molar-refractivity contribution in [1.29, 1.82) is 0 Å². The molecule has 1 unspecified atom stereocenters. The molecule has 0 spiro atoms. The Labute approximate surface area is 83.0 Å². The second kappa shape index (κ2) is 4.07. The van der Waals surface area contributed by atoms with Gasteiger partial charge in [0.2, 0.25) is 0 Å². The highest BCUT2D eigenvalue weighted by Gasteiger charge is 2.18. The van der Waals surface area contributed by atoms with Gasteiger partial charge in [-0.2, -0.15) is 5.10 Å². The molecule has 0 aliphatic carbocycles. The van der Waals surface area contributed by atoms with E-state index in [2.05, 4.69) is 10.5 Å². The van der Waals surface area contributed by atoms with E-state index < -0.39 is 15.9 Å². The lowest BCUT2D eigenvalue weighted by Gasteiger charge is -2.14.